The van der Waals surface area contributed by atoms with Gasteiger partial charge in [-0.25, -0.2) is 0 Å². The van der Waals surface area contributed by atoms with Crippen molar-refractivity contribution in [3.63, 3.8) is 0 Å². The van der Waals surface area contributed by atoms with E-state index in [4.69, 9.17) is 15.1 Å². The predicted molar refractivity (Wildman–Crippen MR) is 74.4 cm³/mol. The fourth-order valence-electron chi connectivity index (χ4n) is 2.55. The summed E-state index contributed by atoms with van der Waals surface area (Å²) in [5, 5.41) is 17.8. The van der Waals surface area contributed by atoms with Gasteiger partial charge in [0.1, 0.15) is 11.9 Å². The molecule has 1 fully saturated rings. The molecule has 0 saturated heterocycles. The van der Waals surface area contributed by atoms with Crippen LogP contribution in [0.25, 0.3) is 0 Å². The largest absolute Gasteiger partial charge is 0.489 e. The Morgan fingerprint density at radius 2 is 2.00 bits per heavy atom. The van der Waals surface area contributed by atoms with Crippen LogP contribution in [0, 0.1) is 17.2 Å². The minimum Gasteiger partial charge on any atom is -0.489 e. The Morgan fingerprint density at radius 1 is 1.30 bits per heavy atom. The second-order valence-corrected chi connectivity index (χ2v) is 5.21. The molecule has 0 radical (unpaired) electrons. The van der Waals surface area contributed by atoms with Gasteiger partial charge in [0.05, 0.1) is 12.0 Å². The van der Waals surface area contributed by atoms with Crippen LogP contribution in [0.5, 0.6) is 5.75 Å². The van der Waals surface area contributed by atoms with Gasteiger partial charge in [0, 0.05) is 6.42 Å². The summed E-state index contributed by atoms with van der Waals surface area (Å²) in [5.41, 5.74) is 0.986. The number of benzene rings is 1. The molecule has 0 bridgehead atoms. The number of ether oxygens (including phenoxy) is 1. The van der Waals surface area contributed by atoms with Crippen LogP contribution in [0.4, 0.5) is 0 Å². The number of hydrogen-bond acceptors (Lipinski definition) is 3. The first-order valence-corrected chi connectivity index (χ1v) is 7.06. The van der Waals surface area contributed by atoms with Crippen molar-refractivity contribution in [1.29, 1.82) is 5.26 Å². The molecule has 4 heteroatoms. The summed E-state index contributed by atoms with van der Waals surface area (Å²) >= 11 is 0. The Morgan fingerprint density at radius 3 is 2.65 bits per heavy atom. The quantitative estimate of drug-likeness (QED) is 0.894. The second kappa shape index (κ2) is 6.95. The van der Waals surface area contributed by atoms with E-state index >= 15 is 0 Å². The van der Waals surface area contributed by atoms with Crippen LogP contribution >= 0.6 is 0 Å². The zero-order chi connectivity index (χ0) is 14.4. The van der Waals surface area contributed by atoms with Crippen LogP contribution in [-0.2, 0) is 11.2 Å². The normalized spacial score (nSPS) is 21.9. The highest BCUT2D eigenvalue weighted by molar-refractivity contribution is 5.67. The van der Waals surface area contributed by atoms with Gasteiger partial charge in [-0.2, -0.15) is 5.26 Å². The van der Waals surface area contributed by atoms with Gasteiger partial charge in [0.15, 0.2) is 0 Å². The monoisotopic (exact) mass is 273 g/mol. The molecule has 1 aromatic carbocycles. The molecule has 2 unspecified atom stereocenters. The summed E-state index contributed by atoms with van der Waals surface area (Å²) in [6, 6.07) is 9.83. The van der Waals surface area contributed by atoms with Crippen molar-refractivity contribution < 1.29 is 14.6 Å². The molecule has 0 heterocycles. The smallest absolute Gasteiger partial charge is 0.303 e. The maximum absolute atomic E-state index is 10.5. The summed E-state index contributed by atoms with van der Waals surface area (Å²) < 4.78 is 5.90. The van der Waals surface area contributed by atoms with Crippen molar-refractivity contribution in [2.24, 2.45) is 5.92 Å². The molecule has 1 aromatic rings. The predicted octanol–water partition coefficient (Wildman–Crippen LogP) is 3.16. The Balaban J connectivity index is 1.93. The molecule has 0 aromatic heterocycles. The van der Waals surface area contributed by atoms with Crippen LogP contribution in [0.3, 0.4) is 0 Å². The number of rotatable bonds is 5. The van der Waals surface area contributed by atoms with Crippen LogP contribution in [0.1, 0.15) is 37.7 Å². The maximum Gasteiger partial charge on any atom is 0.303 e. The molecule has 4 nitrogen and oxygen atoms in total. The first-order chi connectivity index (χ1) is 9.69. The van der Waals surface area contributed by atoms with Gasteiger partial charge in [-0.15, -0.1) is 0 Å². The Kier molecular flexibility index (Phi) is 5.00. The first-order valence-electron chi connectivity index (χ1n) is 7.06. The minimum absolute atomic E-state index is 0.0152. The third-order valence-corrected chi connectivity index (χ3v) is 3.71. The summed E-state index contributed by atoms with van der Waals surface area (Å²) in [6.45, 7) is 0. The molecule has 2 rings (SSSR count). The molecule has 1 aliphatic rings. The van der Waals surface area contributed by atoms with Gasteiger partial charge >= 0.3 is 5.97 Å². The van der Waals surface area contributed by atoms with E-state index < -0.39 is 5.97 Å². The third kappa shape index (κ3) is 3.99. The first kappa shape index (κ1) is 14.4. The zero-order valence-electron chi connectivity index (χ0n) is 11.4. The lowest BCUT2D eigenvalue weighted by molar-refractivity contribution is -0.136. The maximum atomic E-state index is 10.5. The topological polar surface area (TPSA) is 70.3 Å². The van der Waals surface area contributed by atoms with Crippen LogP contribution in [0.2, 0.25) is 0 Å². The van der Waals surface area contributed by atoms with Gasteiger partial charge in [-0.1, -0.05) is 18.6 Å². The van der Waals surface area contributed by atoms with E-state index in [-0.39, 0.29) is 18.4 Å². The van der Waals surface area contributed by atoms with E-state index in [1.807, 2.05) is 24.3 Å². The number of nitriles is 1. The van der Waals surface area contributed by atoms with Crippen molar-refractivity contribution >= 4 is 5.97 Å². The highest BCUT2D eigenvalue weighted by Gasteiger charge is 2.26. The lowest BCUT2D eigenvalue weighted by Gasteiger charge is -2.27. The van der Waals surface area contributed by atoms with Gasteiger partial charge in [-0.05, 0) is 43.4 Å². The second-order valence-electron chi connectivity index (χ2n) is 5.21. The zero-order valence-corrected chi connectivity index (χ0v) is 11.4. The fourth-order valence-corrected chi connectivity index (χ4v) is 2.55. The van der Waals surface area contributed by atoms with E-state index in [2.05, 4.69) is 6.07 Å². The Hall–Kier alpha value is -2.02. The lowest BCUT2D eigenvalue weighted by atomic mass is 9.87. The highest BCUT2D eigenvalue weighted by atomic mass is 16.5. The molecule has 1 N–H and O–H groups in total. The molecular weight excluding hydrogens is 254 g/mol. The third-order valence-electron chi connectivity index (χ3n) is 3.71. The van der Waals surface area contributed by atoms with Gasteiger partial charge < -0.3 is 9.84 Å². The Bertz CT molecular complexity index is 489. The number of nitrogens with zero attached hydrogens (tertiary/aromatic N) is 1. The molecule has 106 valence electrons. The molecule has 0 spiro atoms. The SMILES string of the molecule is N#CC1CCCCC1Oc1ccc(CCC(=O)O)cc1. The van der Waals surface area contributed by atoms with Crippen molar-refractivity contribution in [3.05, 3.63) is 29.8 Å². The summed E-state index contributed by atoms with van der Waals surface area (Å²) in [7, 11) is 0. The van der Waals surface area contributed by atoms with Gasteiger partial charge in [0.2, 0.25) is 0 Å². The highest BCUT2D eigenvalue weighted by Crippen LogP contribution is 2.28. The average Bonchev–Trinajstić information content (AvgIpc) is 2.47. The van der Waals surface area contributed by atoms with Gasteiger partial charge in [-0.3, -0.25) is 4.79 Å². The number of carboxylic acids is 1. The van der Waals surface area contributed by atoms with Crippen molar-refractivity contribution in [3.8, 4) is 11.8 Å². The van der Waals surface area contributed by atoms with Crippen molar-refractivity contribution in [1.82, 2.24) is 0 Å². The molecule has 20 heavy (non-hydrogen) atoms. The number of hydrogen-bond donors (Lipinski definition) is 1. The van der Waals surface area contributed by atoms with E-state index in [1.165, 1.54) is 0 Å². The lowest BCUT2D eigenvalue weighted by Crippen LogP contribution is -2.29. The number of carbonyl (C=O) groups is 1. The average molecular weight is 273 g/mol. The van der Waals surface area contributed by atoms with Crippen molar-refractivity contribution in [2.75, 3.05) is 0 Å². The van der Waals surface area contributed by atoms with E-state index in [9.17, 15) is 4.79 Å². The number of aryl methyl sites for hydroxylation is 1. The summed E-state index contributed by atoms with van der Waals surface area (Å²) in [4.78, 5) is 10.5. The summed E-state index contributed by atoms with van der Waals surface area (Å²) in [6.07, 6.45) is 4.71. The fraction of sp³-hybridized carbons (Fsp3) is 0.500. The van der Waals surface area contributed by atoms with E-state index in [0.717, 1.165) is 37.0 Å². The van der Waals surface area contributed by atoms with Crippen LogP contribution < -0.4 is 4.74 Å². The number of aliphatic carboxylic acids is 1. The van der Waals surface area contributed by atoms with Crippen LogP contribution in [-0.4, -0.2) is 17.2 Å². The molecular formula is C16H19NO3. The number of carboxylic acid groups (broad SMARTS) is 1. The van der Waals surface area contributed by atoms with Crippen LogP contribution in [0.15, 0.2) is 24.3 Å². The molecule has 1 saturated carbocycles. The Labute approximate surface area is 119 Å². The molecule has 0 aliphatic heterocycles. The standard InChI is InChI=1S/C16H19NO3/c17-11-13-3-1-2-4-15(13)20-14-8-5-12(6-9-14)7-10-16(18)19/h5-6,8-9,13,15H,1-4,7,10H2,(H,18,19). The molecule has 2 atom stereocenters. The molecule has 1 aliphatic carbocycles. The van der Waals surface area contributed by atoms with E-state index in [1.54, 1.807) is 0 Å². The van der Waals surface area contributed by atoms with Crippen molar-refractivity contribution in [2.45, 2.75) is 44.6 Å². The van der Waals surface area contributed by atoms with E-state index in [0.29, 0.717) is 6.42 Å². The summed E-state index contributed by atoms with van der Waals surface area (Å²) in [5.74, 6) is -0.0453. The minimum atomic E-state index is -0.788. The van der Waals surface area contributed by atoms with Gasteiger partial charge in [0.25, 0.3) is 0 Å². The molecule has 0 amide bonds.